The molecule has 0 radical (unpaired) electrons. The van der Waals surface area contributed by atoms with E-state index < -0.39 is 17.2 Å². The second-order valence-electron chi connectivity index (χ2n) is 4.83. The summed E-state index contributed by atoms with van der Waals surface area (Å²) in [6, 6.07) is 5.25. The molecule has 1 heterocycles. The highest BCUT2D eigenvalue weighted by atomic mass is 16.5. The largest absolute Gasteiger partial charge is 0.493 e. The lowest BCUT2D eigenvalue weighted by atomic mass is 10.2. The van der Waals surface area contributed by atoms with Gasteiger partial charge in [-0.3, -0.25) is 14.6 Å². The number of hydrazone groups is 1. The van der Waals surface area contributed by atoms with E-state index in [0.29, 0.717) is 17.1 Å². The fourth-order valence-corrected chi connectivity index (χ4v) is 2.02. The molecule has 1 aromatic heterocycles. The van der Waals surface area contributed by atoms with Crippen LogP contribution < -0.4 is 26.1 Å². The highest BCUT2D eigenvalue weighted by Crippen LogP contribution is 2.29. The molecule has 0 aliphatic heterocycles. The van der Waals surface area contributed by atoms with Crippen molar-refractivity contribution in [3.63, 3.8) is 0 Å². The first-order valence-electron chi connectivity index (χ1n) is 7.26. The van der Waals surface area contributed by atoms with Crippen LogP contribution in [0, 0.1) is 0 Å². The molecule has 132 valence electrons. The Bertz CT molecular complexity index is 886. The number of methoxy groups -OCH3 is 2. The number of aryl methyl sites for hydroxylation is 1. The number of carbonyl (C=O) groups excluding carboxylic acids is 1. The van der Waals surface area contributed by atoms with E-state index in [-0.39, 0.29) is 18.5 Å². The SMILES string of the molecule is COc1cccc(/C=N/NC(=O)CCc2n[nH]c(=O)[nH]c2=O)c1OC. The highest BCUT2D eigenvalue weighted by Gasteiger charge is 2.08. The van der Waals surface area contributed by atoms with Crippen LogP contribution in [0.3, 0.4) is 0 Å². The molecule has 0 fully saturated rings. The van der Waals surface area contributed by atoms with Gasteiger partial charge in [-0.2, -0.15) is 10.2 Å². The molecule has 3 N–H and O–H groups in total. The maximum absolute atomic E-state index is 11.8. The van der Waals surface area contributed by atoms with Gasteiger partial charge in [-0.1, -0.05) is 6.07 Å². The number of benzene rings is 1. The van der Waals surface area contributed by atoms with E-state index in [1.54, 1.807) is 18.2 Å². The highest BCUT2D eigenvalue weighted by molar-refractivity contribution is 5.86. The van der Waals surface area contributed by atoms with Crippen LogP contribution in [0.2, 0.25) is 0 Å². The quantitative estimate of drug-likeness (QED) is 0.458. The number of nitrogens with zero attached hydrogens (tertiary/aromatic N) is 2. The molecule has 25 heavy (non-hydrogen) atoms. The number of nitrogens with one attached hydrogen (secondary N) is 3. The predicted octanol–water partition coefficient (Wildman–Crippen LogP) is -0.442. The summed E-state index contributed by atoms with van der Waals surface area (Å²) < 4.78 is 10.4. The summed E-state index contributed by atoms with van der Waals surface area (Å²) in [4.78, 5) is 36.1. The van der Waals surface area contributed by atoms with Gasteiger partial charge in [0.25, 0.3) is 5.56 Å². The topological polar surface area (TPSA) is 139 Å². The minimum atomic E-state index is -0.699. The summed E-state index contributed by atoms with van der Waals surface area (Å²) in [6.07, 6.45) is 1.47. The van der Waals surface area contributed by atoms with Crippen molar-refractivity contribution in [2.24, 2.45) is 5.10 Å². The number of hydrogen-bond acceptors (Lipinski definition) is 7. The van der Waals surface area contributed by atoms with Crippen molar-refractivity contribution in [1.29, 1.82) is 0 Å². The van der Waals surface area contributed by atoms with Crippen molar-refractivity contribution in [3.05, 3.63) is 50.3 Å². The van der Waals surface area contributed by atoms with Crippen LogP contribution in [0.5, 0.6) is 11.5 Å². The van der Waals surface area contributed by atoms with E-state index in [9.17, 15) is 14.4 Å². The lowest BCUT2D eigenvalue weighted by molar-refractivity contribution is -0.121. The van der Waals surface area contributed by atoms with E-state index in [0.717, 1.165) is 0 Å². The molecular formula is C15H17N5O5. The third-order valence-electron chi connectivity index (χ3n) is 3.20. The number of amides is 1. The van der Waals surface area contributed by atoms with Gasteiger partial charge in [-0.15, -0.1) is 0 Å². The van der Waals surface area contributed by atoms with Crippen LogP contribution >= 0.6 is 0 Å². The Morgan fingerprint density at radius 3 is 2.80 bits per heavy atom. The number of rotatable bonds is 7. The Morgan fingerprint density at radius 1 is 1.32 bits per heavy atom. The van der Waals surface area contributed by atoms with Gasteiger partial charge in [0, 0.05) is 18.4 Å². The Kier molecular flexibility index (Phi) is 6.04. The molecule has 1 aromatic carbocycles. The number of para-hydroxylation sites is 1. The van der Waals surface area contributed by atoms with Gasteiger partial charge in [0.1, 0.15) is 5.69 Å². The zero-order valence-electron chi connectivity index (χ0n) is 13.7. The van der Waals surface area contributed by atoms with Crippen molar-refractivity contribution in [3.8, 4) is 11.5 Å². The van der Waals surface area contributed by atoms with Gasteiger partial charge in [0.15, 0.2) is 11.5 Å². The van der Waals surface area contributed by atoms with Gasteiger partial charge in [-0.05, 0) is 12.1 Å². The van der Waals surface area contributed by atoms with Crippen molar-refractivity contribution in [2.75, 3.05) is 14.2 Å². The first-order valence-corrected chi connectivity index (χ1v) is 7.26. The number of hydrogen-bond donors (Lipinski definition) is 3. The average Bonchev–Trinajstić information content (AvgIpc) is 2.60. The Hall–Kier alpha value is -3.43. The third kappa shape index (κ3) is 4.77. The molecule has 10 nitrogen and oxygen atoms in total. The Labute approximate surface area is 141 Å². The molecule has 0 atom stereocenters. The smallest absolute Gasteiger partial charge is 0.342 e. The molecular weight excluding hydrogens is 330 g/mol. The lowest BCUT2D eigenvalue weighted by Crippen LogP contribution is -2.28. The number of aromatic amines is 2. The Balaban J connectivity index is 1.95. The summed E-state index contributed by atoms with van der Waals surface area (Å²) in [7, 11) is 3.02. The molecule has 0 saturated heterocycles. The zero-order valence-corrected chi connectivity index (χ0v) is 13.7. The van der Waals surface area contributed by atoms with Crippen molar-refractivity contribution in [1.82, 2.24) is 20.6 Å². The second-order valence-corrected chi connectivity index (χ2v) is 4.83. The van der Waals surface area contributed by atoms with Crippen molar-refractivity contribution in [2.45, 2.75) is 12.8 Å². The lowest BCUT2D eigenvalue weighted by Gasteiger charge is -2.09. The maximum atomic E-state index is 11.8. The zero-order chi connectivity index (χ0) is 18.2. The predicted molar refractivity (Wildman–Crippen MR) is 89.1 cm³/mol. The monoisotopic (exact) mass is 347 g/mol. The number of carbonyl (C=O) groups is 1. The molecule has 0 unspecified atom stereocenters. The van der Waals surface area contributed by atoms with Crippen LogP contribution in [0.1, 0.15) is 17.7 Å². The fraction of sp³-hybridized carbons (Fsp3) is 0.267. The average molecular weight is 347 g/mol. The van der Waals surface area contributed by atoms with E-state index >= 15 is 0 Å². The minimum absolute atomic E-state index is 0.0191. The third-order valence-corrected chi connectivity index (χ3v) is 3.20. The van der Waals surface area contributed by atoms with Crippen LogP contribution in [0.15, 0.2) is 32.9 Å². The van der Waals surface area contributed by atoms with E-state index in [4.69, 9.17) is 9.47 Å². The molecule has 0 aliphatic carbocycles. The van der Waals surface area contributed by atoms with Crippen LogP contribution in [-0.4, -0.2) is 41.5 Å². The van der Waals surface area contributed by atoms with Crippen molar-refractivity contribution >= 4 is 12.1 Å². The minimum Gasteiger partial charge on any atom is -0.493 e. The molecule has 0 aliphatic rings. The number of ether oxygens (including phenoxy) is 2. The fourth-order valence-electron chi connectivity index (χ4n) is 2.02. The Morgan fingerprint density at radius 2 is 2.12 bits per heavy atom. The first-order chi connectivity index (χ1) is 12.0. The molecule has 2 aromatic rings. The van der Waals surface area contributed by atoms with Gasteiger partial charge < -0.3 is 9.47 Å². The summed E-state index contributed by atoms with van der Waals surface area (Å²) in [5, 5.41) is 9.54. The molecule has 0 saturated carbocycles. The summed E-state index contributed by atoms with van der Waals surface area (Å²) in [5.41, 5.74) is 1.71. The molecule has 1 amide bonds. The molecule has 0 spiro atoms. The van der Waals surface area contributed by atoms with Crippen LogP contribution in [-0.2, 0) is 11.2 Å². The molecule has 2 rings (SSSR count). The van der Waals surface area contributed by atoms with E-state index in [1.807, 2.05) is 4.98 Å². The number of H-pyrrole nitrogens is 2. The van der Waals surface area contributed by atoms with E-state index in [1.165, 1.54) is 20.4 Å². The van der Waals surface area contributed by atoms with Gasteiger partial charge in [-0.25, -0.2) is 15.3 Å². The first kappa shape index (κ1) is 17.9. The number of aromatic nitrogens is 3. The second kappa shape index (κ2) is 8.43. The van der Waals surface area contributed by atoms with E-state index in [2.05, 4.69) is 20.7 Å². The molecule has 0 bridgehead atoms. The van der Waals surface area contributed by atoms with Crippen molar-refractivity contribution < 1.29 is 14.3 Å². The van der Waals surface area contributed by atoms with Gasteiger partial charge in [0.05, 0.1) is 20.4 Å². The van der Waals surface area contributed by atoms with Crippen LogP contribution in [0.4, 0.5) is 0 Å². The van der Waals surface area contributed by atoms with Crippen LogP contribution in [0.25, 0.3) is 0 Å². The summed E-state index contributed by atoms with van der Waals surface area (Å²) in [5.74, 6) is 0.624. The summed E-state index contributed by atoms with van der Waals surface area (Å²) in [6.45, 7) is 0. The standard InChI is InChI=1S/C15H17N5O5/c1-24-11-5-3-4-9(13(11)25-2)8-16-19-12(21)7-6-10-14(22)17-15(23)20-18-10/h3-5,8H,6-7H2,1-2H3,(H,19,21)(H2,17,20,22,23)/b16-8+. The van der Waals surface area contributed by atoms with Gasteiger partial charge >= 0.3 is 5.69 Å². The normalized spacial score (nSPS) is 10.6. The van der Waals surface area contributed by atoms with Gasteiger partial charge in [0.2, 0.25) is 5.91 Å². The molecule has 10 heteroatoms. The summed E-state index contributed by atoms with van der Waals surface area (Å²) >= 11 is 0. The maximum Gasteiger partial charge on any atom is 0.342 e.